The van der Waals surface area contributed by atoms with Crippen molar-refractivity contribution in [2.45, 2.75) is 6.92 Å². The zero-order valence-electron chi connectivity index (χ0n) is 7.90. The van der Waals surface area contributed by atoms with Gasteiger partial charge in [0, 0.05) is 25.4 Å². The van der Waals surface area contributed by atoms with Gasteiger partial charge in [0.25, 0.3) is 0 Å². The highest BCUT2D eigenvalue weighted by molar-refractivity contribution is 5.35. The smallest absolute Gasteiger partial charge is 0.228 e. The van der Waals surface area contributed by atoms with Crippen molar-refractivity contribution in [2.75, 3.05) is 25.1 Å². The van der Waals surface area contributed by atoms with Gasteiger partial charge in [-0.05, 0) is 5.92 Å². The number of rotatable bonds is 2. The fourth-order valence-corrected chi connectivity index (χ4v) is 1.46. The Kier molecular flexibility index (Phi) is 2.04. The van der Waals surface area contributed by atoms with Gasteiger partial charge in [-0.15, -0.1) is 0 Å². The van der Waals surface area contributed by atoms with Crippen LogP contribution in [0.15, 0.2) is 12.3 Å². The minimum atomic E-state index is 0.629. The van der Waals surface area contributed by atoms with E-state index in [0.29, 0.717) is 5.88 Å². The van der Waals surface area contributed by atoms with E-state index in [1.807, 2.05) is 0 Å². The summed E-state index contributed by atoms with van der Waals surface area (Å²) in [6.07, 6.45) is 1.73. The van der Waals surface area contributed by atoms with Crippen LogP contribution >= 0.6 is 0 Å². The van der Waals surface area contributed by atoms with Crippen LogP contribution in [0.5, 0.6) is 5.88 Å². The van der Waals surface area contributed by atoms with Crippen LogP contribution < -0.4 is 9.64 Å². The van der Waals surface area contributed by atoms with E-state index in [1.165, 1.54) is 0 Å². The SMILES string of the molecule is COc1ccnc(N2CC(C)C2)n1. The molecule has 0 aliphatic carbocycles. The molecule has 0 N–H and O–H groups in total. The molecule has 0 spiro atoms. The largest absolute Gasteiger partial charge is 0.481 e. The Labute approximate surface area is 77.6 Å². The van der Waals surface area contributed by atoms with Crippen molar-refractivity contribution >= 4 is 5.95 Å². The third-order valence-electron chi connectivity index (χ3n) is 2.17. The monoisotopic (exact) mass is 179 g/mol. The second kappa shape index (κ2) is 3.20. The van der Waals surface area contributed by atoms with E-state index in [1.54, 1.807) is 19.4 Å². The van der Waals surface area contributed by atoms with Crippen LogP contribution in [-0.2, 0) is 0 Å². The summed E-state index contributed by atoms with van der Waals surface area (Å²) < 4.78 is 5.02. The average molecular weight is 179 g/mol. The van der Waals surface area contributed by atoms with Crippen molar-refractivity contribution in [2.24, 2.45) is 5.92 Å². The Hall–Kier alpha value is -1.32. The lowest BCUT2D eigenvalue weighted by Gasteiger charge is -2.36. The maximum Gasteiger partial charge on any atom is 0.228 e. The van der Waals surface area contributed by atoms with E-state index in [2.05, 4.69) is 21.8 Å². The Bertz CT molecular complexity index is 297. The number of nitrogens with zero attached hydrogens (tertiary/aromatic N) is 3. The molecule has 2 rings (SSSR count). The summed E-state index contributed by atoms with van der Waals surface area (Å²) in [5.74, 6) is 2.16. The second-order valence-corrected chi connectivity index (χ2v) is 3.41. The van der Waals surface area contributed by atoms with Crippen LogP contribution in [0.1, 0.15) is 6.92 Å². The normalized spacial score (nSPS) is 16.9. The number of hydrogen-bond donors (Lipinski definition) is 0. The second-order valence-electron chi connectivity index (χ2n) is 3.41. The summed E-state index contributed by atoms with van der Waals surface area (Å²) in [5.41, 5.74) is 0. The first-order valence-electron chi connectivity index (χ1n) is 4.41. The first-order valence-corrected chi connectivity index (χ1v) is 4.41. The summed E-state index contributed by atoms with van der Waals surface area (Å²) in [6, 6.07) is 1.76. The van der Waals surface area contributed by atoms with Crippen molar-refractivity contribution in [3.8, 4) is 5.88 Å². The Morgan fingerprint density at radius 3 is 2.92 bits per heavy atom. The summed E-state index contributed by atoms with van der Waals surface area (Å²) in [4.78, 5) is 10.6. The van der Waals surface area contributed by atoms with Crippen LogP contribution in [0, 0.1) is 5.92 Å². The third-order valence-corrected chi connectivity index (χ3v) is 2.17. The molecule has 1 aliphatic heterocycles. The topological polar surface area (TPSA) is 38.2 Å². The van der Waals surface area contributed by atoms with Gasteiger partial charge in [-0.1, -0.05) is 6.92 Å². The highest BCUT2D eigenvalue weighted by atomic mass is 16.5. The van der Waals surface area contributed by atoms with E-state index in [0.717, 1.165) is 25.0 Å². The van der Waals surface area contributed by atoms with Gasteiger partial charge < -0.3 is 9.64 Å². The molecule has 1 aromatic heterocycles. The Morgan fingerprint density at radius 2 is 2.31 bits per heavy atom. The van der Waals surface area contributed by atoms with Crippen molar-refractivity contribution in [1.82, 2.24) is 9.97 Å². The molecule has 0 bridgehead atoms. The Morgan fingerprint density at radius 1 is 1.54 bits per heavy atom. The highest BCUT2D eigenvalue weighted by Gasteiger charge is 2.24. The third kappa shape index (κ3) is 1.56. The lowest BCUT2D eigenvalue weighted by molar-refractivity contribution is 0.391. The predicted octanol–water partition coefficient (Wildman–Crippen LogP) is 0.941. The van der Waals surface area contributed by atoms with Gasteiger partial charge in [-0.2, -0.15) is 4.98 Å². The molecule has 0 atom stereocenters. The van der Waals surface area contributed by atoms with Crippen molar-refractivity contribution in [3.05, 3.63) is 12.3 Å². The molecule has 1 aliphatic rings. The van der Waals surface area contributed by atoms with Gasteiger partial charge in [0.05, 0.1) is 7.11 Å². The summed E-state index contributed by atoms with van der Waals surface area (Å²) in [6.45, 7) is 4.32. The van der Waals surface area contributed by atoms with Gasteiger partial charge >= 0.3 is 0 Å². The molecule has 1 saturated heterocycles. The number of ether oxygens (including phenoxy) is 1. The molecule has 70 valence electrons. The molecular formula is C9H13N3O. The summed E-state index contributed by atoms with van der Waals surface area (Å²) >= 11 is 0. The van der Waals surface area contributed by atoms with Crippen LogP contribution in [0.4, 0.5) is 5.95 Å². The predicted molar refractivity (Wildman–Crippen MR) is 50.0 cm³/mol. The lowest BCUT2D eigenvalue weighted by Crippen LogP contribution is -2.46. The molecule has 4 nitrogen and oxygen atoms in total. The van der Waals surface area contributed by atoms with E-state index in [4.69, 9.17) is 4.74 Å². The number of hydrogen-bond acceptors (Lipinski definition) is 4. The standard InChI is InChI=1S/C9H13N3O/c1-7-5-12(6-7)9-10-4-3-8(11-9)13-2/h3-4,7H,5-6H2,1-2H3. The van der Waals surface area contributed by atoms with E-state index >= 15 is 0 Å². The fraction of sp³-hybridized carbons (Fsp3) is 0.556. The summed E-state index contributed by atoms with van der Waals surface area (Å²) in [7, 11) is 1.62. The molecule has 1 fully saturated rings. The van der Waals surface area contributed by atoms with Crippen molar-refractivity contribution in [3.63, 3.8) is 0 Å². The maximum absolute atomic E-state index is 5.02. The van der Waals surface area contributed by atoms with E-state index in [-0.39, 0.29) is 0 Å². The van der Waals surface area contributed by atoms with Gasteiger partial charge in [0.2, 0.25) is 11.8 Å². The van der Waals surface area contributed by atoms with Crippen LogP contribution in [-0.4, -0.2) is 30.2 Å². The lowest BCUT2D eigenvalue weighted by atomic mass is 10.0. The fourth-order valence-electron chi connectivity index (χ4n) is 1.46. The molecule has 0 amide bonds. The molecule has 1 aromatic rings. The van der Waals surface area contributed by atoms with Crippen molar-refractivity contribution in [1.29, 1.82) is 0 Å². The minimum absolute atomic E-state index is 0.629. The van der Waals surface area contributed by atoms with Gasteiger partial charge in [-0.3, -0.25) is 0 Å². The minimum Gasteiger partial charge on any atom is -0.481 e. The van der Waals surface area contributed by atoms with Gasteiger partial charge in [-0.25, -0.2) is 4.98 Å². The summed E-state index contributed by atoms with van der Waals surface area (Å²) in [5, 5.41) is 0. The van der Waals surface area contributed by atoms with Crippen LogP contribution in [0.2, 0.25) is 0 Å². The molecule has 4 heteroatoms. The van der Waals surface area contributed by atoms with E-state index in [9.17, 15) is 0 Å². The molecular weight excluding hydrogens is 166 g/mol. The maximum atomic E-state index is 5.02. The quantitative estimate of drug-likeness (QED) is 0.677. The zero-order valence-corrected chi connectivity index (χ0v) is 7.90. The zero-order chi connectivity index (χ0) is 9.26. The van der Waals surface area contributed by atoms with Crippen LogP contribution in [0.3, 0.4) is 0 Å². The number of anilines is 1. The number of aromatic nitrogens is 2. The average Bonchev–Trinajstić information content (AvgIpc) is 2.13. The molecule has 2 heterocycles. The van der Waals surface area contributed by atoms with Gasteiger partial charge in [0.15, 0.2) is 0 Å². The molecule has 13 heavy (non-hydrogen) atoms. The molecule has 0 saturated carbocycles. The molecule has 0 aromatic carbocycles. The Balaban J connectivity index is 2.12. The first-order chi connectivity index (χ1) is 6.29. The number of methoxy groups -OCH3 is 1. The van der Waals surface area contributed by atoms with Gasteiger partial charge in [0.1, 0.15) is 0 Å². The molecule has 0 radical (unpaired) electrons. The van der Waals surface area contributed by atoms with E-state index < -0.39 is 0 Å². The highest BCUT2D eigenvalue weighted by Crippen LogP contribution is 2.21. The van der Waals surface area contributed by atoms with Crippen LogP contribution in [0.25, 0.3) is 0 Å². The molecule has 0 unspecified atom stereocenters. The first kappa shape index (κ1) is 8.29. The van der Waals surface area contributed by atoms with Crippen molar-refractivity contribution < 1.29 is 4.74 Å².